The van der Waals surface area contributed by atoms with E-state index >= 15 is 0 Å². The van der Waals surface area contributed by atoms with Crippen LogP contribution in [-0.4, -0.2) is 56.0 Å². The van der Waals surface area contributed by atoms with Crippen molar-refractivity contribution in [1.29, 1.82) is 0 Å². The van der Waals surface area contributed by atoms with Crippen LogP contribution in [-0.2, 0) is 10.0 Å². The Morgan fingerprint density at radius 1 is 1.29 bits per heavy atom. The topological polar surface area (TPSA) is 57.7 Å². The summed E-state index contributed by atoms with van der Waals surface area (Å²) in [5, 5.41) is 1.86. The molecule has 1 aliphatic rings. The second kappa shape index (κ2) is 4.75. The highest BCUT2D eigenvalue weighted by Gasteiger charge is 2.26. The molecule has 7 heteroatoms. The van der Waals surface area contributed by atoms with Gasteiger partial charge in [0, 0.05) is 26.2 Å². The van der Waals surface area contributed by atoms with Crippen molar-refractivity contribution in [3.63, 3.8) is 0 Å². The van der Waals surface area contributed by atoms with Gasteiger partial charge in [-0.25, -0.2) is 8.42 Å². The Balaban J connectivity index is 1.98. The van der Waals surface area contributed by atoms with Gasteiger partial charge in [0.2, 0.25) is 10.0 Å². The monoisotopic (exact) mass is 274 g/mol. The van der Waals surface area contributed by atoms with Crippen LogP contribution in [0, 0.1) is 0 Å². The zero-order valence-electron chi connectivity index (χ0n) is 9.50. The number of thiophene rings is 1. The quantitative estimate of drug-likeness (QED) is 0.787. The number of piperazine rings is 1. The molecule has 1 amide bonds. The first-order chi connectivity index (χ1) is 7.98. The Labute approximate surface area is 105 Å². The van der Waals surface area contributed by atoms with Gasteiger partial charge < -0.3 is 4.90 Å². The van der Waals surface area contributed by atoms with Crippen molar-refractivity contribution in [3.05, 3.63) is 22.4 Å². The van der Waals surface area contributed by atoms with E-state index in [1.807, 2.05) is 11.4 Å². The summed E-state index contributed by atoms with van der Waals surface area (Å²) in [4.78, 5) is 14.4. The van der Waals surface area contributed by atoms with Crippen LogP contribution in [0.3, 0.4) is 0 Å². The van der Waals surface area contributed by atoms with Crippen LogP contribution in [0.4, 0.5) is 0 Å². The number of nitrogens with zero attached hydrogens (tertiary/aromatic N) is 2. The Hall–Kier alpha value is -0.920. The van der Waals surface area contributed by atoms with E-state index in [1.54, 1.807) is 11.0 Å². The molecule has 0 bridgehead atoms. The summed E-state index contributed by atoms with van der Waals surface area (Å²) in [5.74, 6) is -0.00634. The van der Waals surface area contributed by atoms with E-state index in [4.69, 9.17) is 0 Å². The minimum absolute atomic E-state index is 0.00634. The van der Waals surface area contributed by atoms with Crippen LogP contribution in [0.15, 0.2) is 17.5 Å². The van der Waals surface area contributed by atoms with Crippen molar-refractivity contribution >= 4 is 27.3 Å². The van der Waals surface area contributed by atoms with E-state index in [0.717, 1.165) is 0 Å². The van der Waals surface area contributed by atoms with Crippen LogP contribution in [0.2, 0.25) is 0 Å². The Morgan fingerprint density at radius 2 is 1.94 bits per heavy atom. The van der Waals surface area contributed by atoms with Crippen molar-refractivity contribution in [2.75, 3.05) is 32.4 Å². The third-order valence-electron chi connectivity index (χ3n) is 2.73. The van der Waals surface area contributed by atoms with Gasteiger partial charge in [-0.15, -0.1) is 11.3 Å². The van der Waals surface area contributed by atoms with Crippen molar-refractivity contribution < 1.29 is 13.2 Å². The summed E-state index contributed by atoms with van der Waals surface area (Å²) in [6, 6.07) is 3.63. The van der Waals surface area contributed by atoms with Gasteiger partial charge in [0.1, 0.15) is 0 Å². The second-order valence-corrected chi connectivity index (χ2v) is 6.86. The van der Waals surface area contributed by atoms with Crippen LogP contribution < -0.4 is 0 Å². The van der Waals surface area contributed by atoms with Crippen molar-refractivity contribution in [2.24, 2.45) is 0 Å². The first-order valence-electron chi connectivity index (χ1n) is 5.26. The van der Waals surface area contributed by atoms with E-state index in [2.05, 4.69) is 0 Å². The van der Waals surface area contributed by atoms with Gasteiger partial charge in [0.15, 0.2) is 0 Å². The molecule has 5 nitrogen and oxygen atoms in total. The molecule has 0 unspecified atom stereocenters. The number of hydrogen-bond acceptors (Lipinski definition) is 4. The fourth-order valence-electron chi connectivity index (χ4n) is 1.78. The maximum Gasteiger partial charge on any atom is 0.264 e. The van der Waals surface area contributed by atoms with Gasteiger partial charge in [-0.1, -0.05) is 6.07 Å². The molecule has 0 spiro atoms. The maximum atomic E-state index is 12.0. The lowest BCUT2D eigenvalue weighted by Crippen LogP contribution is -2.50. The van der Waals surface area contributed by atoms with Gasteiger partial charge in [-0.05, 0) is 11.4 Å². The van der Waals surface area contributed by atoms with Gasteiger partial charge >= 0.3 is 0 Å². The summed E-state index contributed by atoms with van der Waals surface area (Å²) in [5.41, 5.74) is 0. The molecule has 1 saturated heterocycles. The lowest BCUT2D eigenvalue weighted by molar-refractivity contribution is 0.0703. The second-order valence-electron chi connectivity index (χ2n) is 3.93. The standard InChI is InChI=1S/C10H14N2O3S2/c1-17(14,15)12-6-4-11(5-7-12)10(13)9-3-2-8-16-9/h2-3,8H,4-7H2,1H3. The summed E-state index contributed by atoms with van der Waals surface area (Å²) >= 11 is 1.41. The van der Waals surface area contributed by atoms with Gasteiger partial charge in [0.25, 0.3) is 5.91 Å². The lowest BCUT2D eigenvalue weighted by atomic mass is 10.3. The SMILES string of the molecule is CS(=O)(=O)N1CCN(C(=O)c2cccs2)CC1. The first-order valence-corrected chi connectivity index (χ1v) is 7.99. The minimum atomic E-state index is -3.13. The lowest BCUT2D eigenvalue weighted by Gasteiger charge is -2.32. The molecular weight excluding hydrogens is 260 g/mol. The van der Waals surface area contributed by atoms with Gasteiger partial charge in [-0.2, -0.15) is 4.31 Å². The molecule has 94 valence electrons. The first kappa shape index (κ1) is 12.5. The predicted octanol–water partition coefficient (Wildman–Crippen LogP) is 0.466. The van der Waals surface area contributed by atoms with Gasteiger partial charge in [0.05, 0.1) is 11.1 Å². The van der Waals surface area contributed by atoms with Crippen LogP contribution in [0.25, 0.3) is 0 Å². The van der Waals surface area contributed by atoms with E-state index in [-0.39, 0.29) is 5.91 Å². The van der Waals surface area contributed by atoms with Crippen LogP contribution >= 0.6 is 11.3 Å². The number of hydrogen-bond donors (Lipinski definition) is 0. The highest BCUT2D eigenvalue weighted by Crippen LogP contribution is 2.14. The molecule has 1 aromatic rings. The molecular formula is C10H14N2O3S2. The van der Waals surface area contributed by atoms with Crippen LogP contribution in [0.1, 0.15) is 9.67 Å². The molecule has 1 aliphatic heterocycles. The molecule has 2 rings (SSSR count). The van der Waals surface area contributed by atoms with E-state index in [9.17, 15) is 13.2 Å². The molecule has 0 saturated carbocycles. The molecule has 1 fully saturated rings. The Morgan fingerprint density at radius 3 is 2.41 bits per heavy atom. The van der Waals surface area contributed by atoms with E-state index in [0.29, 0.717) is 31.1 Å². The molecule has 0 aliphatic carbocycles. The third kappa shape index (κ3) is 2.85. The third-order valence-corrected chi connectivity index (χ3v) is 4.89. The highest BCUT2D eigenvalue weighted by molar-refractivity contribution is 7.88. The Bertz CT molecular complexity index is 488. The van der Waals surface area contributed by atoms with Crippen molar-refractivity contribution in [1.82, 2.24) is 9.21 Å². The molecule has 2 heterocycles. The summed E-state index contributed by atoms with van der Waals surface area (Å²) in [7, 11) is -3.13. The number of amides is 1. The Kier molecular flexibility index (Phi) is 3.50. The summed E-state index contributed by atoms with van der Waals surface area (Å²) in [6.07, 6.45) is 1.20. The molecule has 0 aromatic carbocycles. The van der Waals surface area contributed by atoms with Crippen molar-refractivity contribution in [2.45, 2.75) is 0 Å². The van der Waals surface area contributed by atoms with E-state index < -0.39 is 10.0 Å². The largest absolute Gasteiger partial charge is 0.335 e. The smallest absolute Gasteiger partial charge is 0.264 e. The van der Waals surface area contributed by atoms with E-state index in [1.165, 1.54) is 21.9 Å². The zero-order chi connectivity index (χ0) is 12.5. The number of carbonyl (C=O) groups excluding carboxylic acids is 1. The van der Waals surface area contributed by atoms with Crippen LogP contribution in [0.5, 0.6) is 0 Å². The fraction of sp³-hybridized carbons (Fsp3) is 0.500. The molecule has 0 radical (unpaired) electrons. The molecule has 0 atom stereocenters. The number of rotatable bonds is 2. The summed E-state index contributed by atoms with van der Waals surface area (Å²) < 4.78 is 24.0. The minimum Gasteiger partial charge on any atom is -0.335 e. The molecule has 17 heavy (non-hydrogen) atoms. The predicted molar refractivity (Wildman–Crippen MR) is 66.6 cm³/mol. The zero-order valence-corrected chi connectivity index (χ0v) is 11.1. The molecule has 1 aromatic heterocycles. The number of carbonyl (C=O) groups is 1. The normalized spacial score (nSPS) is 18.3. The maximum absolute atomic E-state index is 12.0. The highest BCUT2D eigenvalue weighted by atomic mass is 32.2. The average Bonchev–Trinajstić information content (AvgIpc) is 2.80. The van der Waals surface area contributed by atoms with Gasteiger partial charge in [-0.3, -0.25) is 4.79 Å². The summed E-state index contributed by atoms with van der Waals surface area (Å²) in [6.45, 7) is 1.69. The molecule has 0 N–H and O–H groups in total. The average molecular weight is 274 g/mol. The van der Waals surface area contributed by atoms with Crippen molar-refractivity contribution in [3.8, 4) is 0 Å². The number of sulfonamides is 1. The fourth-order valence-corrected chi connectivity index (χ4v) is 3.30.